The number of pyridine rings is 1. The zero-order valence-electron chi connectivity index (χ0n) is 12.3. The van der Waals surface area contributed by atoms with Crippen LogP contribution in [-0.4, -0.2) is 40.9 Å². The molecule has 0 unspecified atom stereocenters. The molecule has 0 atom stereocenters. The molecule has 1 N–H and O–H groups in total. The van der Waals surface area contributed by atoms with E-state index >= 15 is 0 Å². The van der Waals surface area contributed by atoms with Gasteiger partial charge in [0, 0.05) is 26.2 Å². The molecule has 1 saturated carbocycles. The van der Waals surface area contributed by atoms with Crippen molar-refractivity contribution in [3.63, 3.8) is 0 Å². The molecule has 1 aromatic heterocycles. The molecule has 1 amide bonds. The van der Waals surface area contributed by atoms with E-state index in [1.165, 1.54) is 18.7 Å². The van der Waals surface area contributed by atoms with Gasteiger partial charge in [-0.3, -0.25) is 14.9 Å². The fraction of sp³-hybridized carbons (Fsp3) is 0.571. The smallest absolute Gasteiger partial charge is 0.288 e. The number of hydrogen-bond acceptors (Lipinski definition) is 5. The van der Waals surface area contributed by atoms with Crippen molar-refractivity contribution in [2.75, 3.05) is 25.5 Å². The van der Waals surface area contributed by atoms with E-state index in [4.69, 9.17) is 0 Å². The van der Waals surface area contributed by atoms with Gasteiger partial charge in [0.05, 0.1) is 10.5 Å². The van der Waals surface area contributed by atoms with Gasteiger partial charge in [-0.15, -0.1) is 0 Å². The standard InChI is InChI=1S/C14H20N4O3/c1-3-15-13-12(7-11(8-16-13)18(20)21)14(19)17(2)9-10-5-4-6-10/h7-8,10H,3-6,9H2,1-2H3,(H,15,16). The minimum atomic E-state index is -0.536. The van der Waals surface area contributed by atoms with E-state index in [0.29, 0.717) is 24.8 Å². The lowest BCUT2D eigenvalue weighted by Crippen LogP contribution is -2.34. The Hall–Kier alpha value is -2.18. The van der Waals surface area contributed by atoms with E-state index in [1.807, 2.05) is 6.92 Å². The van der Waals surface area contributed by atoms with Crippen molar-refractivity contribution in [2.45, 2.75) is 26.2 Å². The summed E-state index contributed by atoms with van der Waals surface area (Å²) in [6.07, 6.45) is 4.67. The van der Waals surface area contributed by atoms with Crippen LogP contribution in [0.25, 0.3) is 0 Å². The first-order chi connectivity index (χ1) is 10.0. The molecule has 1 heterocycles. The van der Waals surface area contributed by atoms with Crippen molar-refractivity contribution in [1.29, 1.82) is 0 Å². The van der Waals surface area contributed by atoms with Gasteiger partial charge in [0.1, 0.15) is 12.0 Å². The predicted octanol–water partition coefficient (Wildman–Crippen LogP) is 2.29. The van der Waals surface area contributed by atoms with Crippen molar-refractivity contribution in [3.05, 3.63) is 27.9 Å². The number of anilines is 1. The summed E-state index contributed by atoms with van der Waals surface area (Å²) in [4.78, 5) is 28.5. The minimum absolute atomic E-state index is 0.169. The average Bonchev–Trinajstić information content (AvgIpc) is 2.42. The van der Waals surface area contributed by atoms with Gasteiger partial charge < -0.3 is 10.2 Å². The van der Waals surface area contributed by atoms with E-state index < -0.39 is 4.92 Å². The fourth-order valence-corrected chi connectivity index (χ4v) is 2.38. The maximum Gasteiger partial charge on any atom is 0.288 e. The highest BCUT2D eigenvalue weighted by atomic mass is 16.6. The SMILES string of the molecule is CCNc1ncc([N+](=O)[O-])cc1C(=O)N(C)CC1CCC1. The molecule has 1 aromatic rings. The van der Waals surface area contributed by atoms with Crippen LogP contribution in [0.4, 0.5) is 11.5 Å². The second kappa shape index (κ2) is 6.51. The van der Waals surface area contributed by atoms with Crippen LogP contribution < -0.4 is 5.32 Å². The monoisotopic (exact) mass is 292 g/mol. The van der Waals surface area contributed by atoms with E-state index in [1.54, 1.807) is 11.9 Å². The normalized spacial score (nSPS) is 14.4. The van der Waals surface area contributed by atoms with Gasteiger partial charge in [-0.25, -0.2) is 4.98 Å². The van der Waals surface area contributed by atoms with Crippen LogP contribution in [-0.2, 0) is 0 Å². The highest BCUT2D eigenvalue weighted by Gasteiger charge is 2.25. The third-order valence-corrected chi connectivity index (χ3v) is 3.76. The maximum atomic E-state index is 12.5. The summed E-state index contributed by atoms with van der Waals surface area (Å²) < 4.78 is 0. The van der Waals surface area contributed by atoms with Gasteiger partial charge >= 0.3 is 0 Å². The predicted molar refractivity (Wildman–Crippen MR) is 79.4 cm³/mol. The number of amides is 1. The Labute approximate surface area is 123 Å². The summed E-state index contributed by atoms with van der Waals surface area (Å²) in [5.41, 5.74) is 0.0879. The van der Waals surface area contributed by atoms with Gasteiger partial charge in [-0.2, -0.15) is 0 Å². The zero-order valence-corrected chi connectivity index (χ0v) is 12.3. The van der Waals surface area contributed by atoms with Crippen LogP contribution in [0.5, 0.6) is 0 Å². The molecule has 0 saturated heterocycles. The number of carbonyl (C=O) groups excluding carboxylic acids is 1. The fourth-order valence-electron chi connectivity index (χ4n) is 2.38. The summed E-state index contributed by atoms with van der Waals surface area (Å²) in [5, 5.41) is 13.8. The highest BCUT2D eigenvalue weighted by Crippen LogP contribution is 2.28. The van der Waals surface area contributed by atoms with Gasteiger partial charge in [0.25, 0.3) is 11.6 Å². The summed E-state index contributed by atoms with van der Waals surface area (Å²) in [6, 6.07) is 1.30. The topological polar surface area (TPSA) is 88.4 Å². The van der Waals surface area contributed by atoms with Crippen LogP contribution in [0.15, 0.2) is 12.3 Å². The number of hydrogen-bond donors (Lipinski definition) is 1. The summed E-state index contributed by atoms with van der Waals surface area (Å²) in [7, 11) is 1.73. The Kier molecular flexibility index (Phi) is 4.72. The Morgan fingerprint density at radius 2 is 2.29 bits per heavy atom. The van der Waals surface area contributed by atoms with Gasteiger partial charge in [-0.1, -0.05) is 6.42 Å². The maximum absolute atomic E-state index is 12.5. The van der Waals surface area contributed by atoms with Gasteiger partial charge in [0.15, 0.2) is 0 Å². The van der Waals surface area contributed by atoms with Crippen molar-refractivity contribution in [3.8, 4) is 0 Å². The zero-order chi connectivity index (χ0) is 15.4. The molecule has 114 valence electrons. The van der Waals surface area contributed by atoms with Crippen LogP contribution in [0, 0.1) is 16.0 Å². The summed E-state index contributed by atoms with van der Waals surface area (Å²) >= 11 is 0. The first-order valence-electron chi connectivity index (χ1n) is 7.16. The number of nitrogens with zero attached hydrogens (tertiary/aromatic N) is 3. The molecule has 1 aliphatic rings. The van der Waals surface area contributed by atoms with E-state index in [2.05, 4.69) is 10.3 Å². The van der Waals surface area contributed by atoms with Crippen LogP contribution in [0.1, 0.15) is 36.5 Å². The molecule has 0 radical (unpaired) electrons. The molecule has 0 aromatic carbocycles. The number of aromatic nitrogens is 1. The van der Waals surface area contributed by atoms with Crippen molar-refractivity contribution < 1.29 is 9.72 Å². The molecular weight excluding hydrogens is 272 g/mol. The third kappa shape index (κ3) is 3.48. The van der Waals surface area contributed by atoms with Crippen molar-refractivity contribution in [1.82, 2.24) is 9.88 Å². The number of carbonyl (C=O) groups is 1. The largest absolute Gasteiger partial charge is 0.370 e. The molecule has 0 spiro atoms. The molecular formula is C14H20N4O3. The molecule has 7 nitrogen and oxygen atoms in total. The minimum Gasteiger partial charge on any atom is -0.370 e. The Morgan fingerprint density at radius 3 is 2.81 bits per heavy atom. The lowest BCUT2D eigenvalue weighted by molar-refractivity contribution is -0.385. The van der Waals surface area contributed by atoms with Crippen LogP contribution in [0.3, 0.4) is 0 Å². The second-order valence-electron chi connectivity index (χ2n) is 5.36. The molecule has 1 aliphatic carbocycles. The van der Waals surface area contributed by atoms with Crippen molar-refractivity contribution >= 4 is 17.4 Å². The van der Waals surface area contributed by atoms with E-state index in [-0.39, 0.29) is 17.2 Å². The number of nitro groups is 1. The third-order valence-electron chi connectivity index (χ3n) is 3.76. The highest BCUT2D eigenvalue weighted by molar-refractivity contribution is 5.99. The molecule has 2 rings (SSSR count). The summed E-state index contributed by atoms with van der Waals surface area (Å²) in [5.74, 6) is 0.718. The van der Waals surface area contributed by atoms with E-state index in [0.717, 1.165) is 12.8 Å². The number of nitrogens with one attached hydrogen (secondary N) is 1. The Balaban J connectivity index is 2.22. The average molecular weight is 292 g/mol. The quantitative estimate of drug-likeness (QED) is 0.642. The lowest BCUT2D eigenvalue weighted by Gasteiger charge is -2.30. The van der Waals surface area contributed by atoms with Gasteiger partial charge in [0.2, 0.25) is 0 Å². The second-order valence-corrected chi connectivity index (χ2v) is 5.36. The molecule has 7 heteroatoms. The Morgan fingerprint density at radius 1 is 1.57 bits per heavy atom. The first kappa shape index (κ1) is 15.2. The van der Waals surface area contributed by atoms with Crippen LogP contribution >= 0.6 is 0 Å². The molecule has 0 bridgehead atoms. The molecule has 1 fully saturated rings. The van der Waals surface area contributed by atoms with Crippen LogP contribution in [0.2, 0.25) is 0 Å². The number of rotatable bonds is 6. The molecule has 21 heavy (non-hydrogen) atoms. The first-order valence-corrected chi connectivity index (χ1v) is 7.16. The summed E-state index contributed by atoms with van der Waals surface area (Å²) in [6.45, 7) is 3.17. The Bertz CT molecular complexity index is 543. The van der Waals surface area contributed by atoms with Gasteiger partial charge in [-0.05, 0) is 25.7 Å². The van der Waals surface area contributed by atoms with Crippen molar-refractivity contribution in [2.24, 2.45) is 5.92 Å². The molecule has 0 aliphatic heterocycles. The van der Waals surface area contributed by atoms with E-state index in [9.17, 15) is 14.9 Å². The lowest BCUT2D eigenvalue weighted by atomic mass is 9.85.